The minimum atomic E-state index is -0.323. The summed E-state index contributed by atoms with van der Waals surface area (Å²) in [5.74, 6) is 0.196. The first-order valence-corrected chi connectivity index (χ1v) is 10.8. The summed E-state index contributed by atoms with van der Waals surface area (Å²) in [6.07, 6.45) is 2.05. The lowest BCUT2D eigenvalue weighted by Gasteiger charge is -2.12. The minimum Gasteiger partial charge on any atom is -0.494 e. The van der Waals surface area contributed by atoms with Crippen molar-refractivity contribution >= 4 is 40.5 Å². The zero-order valence-electron chi connectivity index (χ0n) is 17.8. The van der Waals surface area contributed by atoms with Crippen molar-refractivity contribution in [1.82, 2.24) is 5.32 Å². The standard InChI is InChI=1S/C25H25N3O3S/c1-2-3-16-31-22-14-12-19(13-15-22)24(30)28-25(32)27-21-11-7-10-20(17-21)26-23(29)18-8-5-4-6-9-18/h4-15,17H,2-3,16H2,1H3,(H,26,29)(H2,27,28,30,32). The number of unbranched alkanes of at least 4 members (excludes halogenated alkanes) is 1. The average Bonchev–Trinajstić information content (AvgIpc) is 2.80. The number of carbonyl (C=O) groups excluding carboxylic acids is 2. The van der Waals surface area contributed by atoms with Crippen molar-refractivity contribution in [3.8, 4) is 5.75 Å². The van der Waals surface area contributed by atoms with E-state index >= 15 is 0 Å². The molecule has 0 aliphatic heterocycles. The quantitative estimate of drug-likeness (QED) is 0.325. The highest BCUT2D eigenvalue weighted by Gasteiger charge is 2.10. The number of benzene rings is 3. The molecule has 0 aliphatic rings. The fourth-order valence-electron chi connectivity index (χ4n) is 2.84. The summed E-state index contributed by atoms with van der Waals surface area (Å²) in [5.41, 5.74) is 2.29. The third kappa shape index (κ3) is 6.92. The van der Waals surface area contributed by atoms with Gasteiger partial charge < -0.3 is 15.4 Å². The van der Waals surface area contributed by atoms with Crippen molar-refractivity contribution in [2.24, 2.45) is 0 Å². The van der Waals surface area contributed by atoms with Crippen LogP contribution < -0.4 is 20.7 Å². The average molecular weight is 448 g/mol. The van der Waals surface area contributed by atoms with Gasteiger partial charge in [-0.25, -0.2) is 0 Å². The predicted molar refractivity (Wildman–Crippen MR) is 131 cm³/mol. The molecule has 0 atom stereocenters. The largest absolute Gasteiger partial charge is 0.494 e. The first-order chi connectivity index (χ1) is 15.5. The van der Waals surface area contributed by atoms with Crippen LogP contribution >= 0.6 is 12.2 Å². The molecule has 7 heteroatoms. The lowest BCUT2D eigenvalue weighted by Crippen LogP contribution is -2.34. The summed E-state index contributed by atoms with van der Waals surface area (Å²) in [4.78, 5) is 24.8. The van der Waals surface area contributed by atoms with E-state index in [-0.39, 0.29) is 16.9 Å². The fraction of sp³-hybridized carbons (Fsp3) is 0.160. The number of nitrogens with one attached hydrogen (secondary N) is 3. The van der Waals surface area contributed by atoms with Gasteiger partial charge in [0, 0.05) is 22.5 Å². The topological polar surface area (TPSA) is 79.5 Å². The molecule has 3 aromatic rings. The second kappa shape index (κ2) is 11.6. The molecule has 0 saturated carbocycles. The van der Waals surface area contributed by atoms with E-state index < -0.39 is 0 Å². The van der Waals surface area contributed by atoms with Gasteiger partial charge in [-0.15, -0.1) is 0 Å². The van der Waals surface area contributed by atoms with Crippen molar-refractivity contribution in [3.05, 3.63) is 90.0 Å². The Hall–Kier alpha value is -3.71. The second-order valence-electron chi connectivity index (χ2n) is 7.04. The van der Waals surface area contributed by atoms with Crippen molar-refractivity contribution in [2.45, 2.75) is 19.8 Å². The van der Waals surface area contributed by atoms with Crippen LogP contribution in [0.1, 0.15) is 40.5 Å². The van der Waals surface area contributed by atoms with Crippen molar-refractivity contribution in [3.63, 3.8) is 0 Å². The minimum absolute atomic E-state index is 0.157. The SMILES string of the molecule is CCCCOc1ccc(C(=O)NC(=S)Nc2cccc(NC(=O)c3ccccc3)c2)cc1. The maximum atomic E-state index is 12.4. The van der Waals surface area contributed by atoms with Crippen molar-refractivity contribution in [1.29, 1.82) is 0 Å². The van der Waals surface area contributed by atoms with E-state index in [0.29, 0.717) is 29.1 Å². The highest BCUT2D eigenvalue weighted by atomic mass is 32.1. The Bertz CT molecular complexity index is 1070. The summed E-state index contributed by atoms with van der Waals surface area (Å²) < 4.78 is 5.61. The molecule has 3 N–H and O–H groups in total. The Balaban J connectivity index is 1.54. The van der Waals surface area contributed by atoms with E-state index in [2.05, 4.69) is 22.9 Å². The lowest BCUT2D eigenvalue weighted by molar-refractivity contribution is 0.0976. The first kappa shape index (κ1) is 23.0. The number of amides is 2. The van der Waals surface area contributed by atoms with Gasteiger partial charge >= 0.3 is 0 Å². The molecule has 0 unspecified atom stereocenters. The Morgan fingerprint density at radius 1 is 0.812 bits per heavy atom. The number of thiocarbonyl (C=S) groups is 1. The number of rotatable bonds is 8. The maximum Gasteiger partial charge on any atom is 0.257 e. The third-order valence-corrected chi connectivity index (χ3v) is 4.73. The Morgan fingerprint density at radius 2 is 1.47 bits per heavy atom. The predicted octanol–water partition coefficient (Wildman–Crippen LogP) is 5.24. The zero-order chi connectivity index (χ0) is 22.8. The molecule has 0 fully saturated rings. The molecular formula is C25H25N3O3S. The van der Waals surface area contributed by atoms with E-state index in [1.165, 1.54) is 0 Å². The summed E-state index contributed by atoms with van der Waals surface area (Å²) in [5, 5.41) is 8.62. The Morgan fingerprint density at radius 3 is 2.16 bits per heavy atom. The van der Waals surface area contributed by atoms with Gasteiger partial charge in [0.15, 0.2) is 5.11 Å². The van der Waals surface area contributed by atoms with Crippen LogP contribution in [0.25, 0.3) is 0 Å². The molecule has 3 rings (SSSR count). The zero-order valence-corrected chi connectivity index (χ0v) is 18.6. The molecule has 3 aromatic carbocycles. The molecular weight excluding hydrogens is 422 g/mol. The fourth-order valence-corrected chi connectivity index (χ4v) is 3.05. The van der Waals surface area contributed by atoms with Gasteiger partial charge in [-0.3, -0.25) is 14.9 Å². The number of hydrogen-bond acceptors (Lipinski definition) is 4. The summed E-state index contributed by atoms with van der Waals surface area (Å²) in [7, 11) is 0. The highest BCUT2D eigenvalue weighted by Crippen LogP contribution is 2.17. The van der Waals surface area contributed by atoms with Crippen LogP contribution in [0, 0.1) is 0 Å². The van der Waals surface area contributed by atoms with Gasteiger partial charge in [0.05, 0.1) is 6.61 Å². The van der Waals surface area contributed by atoms with E-state index in [0.717, 1.165) is 18.6 Å². The van der Waals surface area contributed by atoms with Crippen molar-refractivity contribution in [2.75, 3.05) is 17.2 Å². The van der Waals surface area contributed by atoms with Crippen LogP contribution in [0.2, 0.25) is 0 Å². The highest BCUT2D eigenvalue weighted by molar-refractivity contribution is 7.80. The molecule has 0 aliphatic carbocycles. The van der Waals surface area contributed by atoms with E-state index in [9.17, 15) is 9.59 Å². The van der Waals surface area contributed by atoms with Crippen LogP contribution in [0.5, 0.6) is 5.75 Å². The number of carbonyl (C=O) groups is 2. The number of hydrogen-bond donors (Lipinski definition) is 3. The summed E-state index contributed by atoms with van der Waals surface area (Å²) in [6.45, 7) is 2.76. The normalized spacial score (nSPS) is 10.2. The second-order valence-corrected chi connectivity index (χ2v) is 7.44. The molecule has 6 nitrogen and oxygen atoms in total. The van der Waals surface area contributed by atoms with Crippen LogP contribution in [-0.2, 0) is 0 Å². The Labute approximate surface area is 193 Å². The van der Waals surface area contributed by atoms with Crippen LogP contribution in [0.3, 0.4) is 0 Å². The smallest absolute Gasteiger partial charge is 0.257 e. The summed E-state index contributed by atoms with van der Waals surface area (Å²) in [6, 6.07) is 23.0. The molecule has 0 heterocycles. The van der Waals surface area contributed by atoms with Gasteiger partial charge in [0.25, 0.3) is 11.8 Å². The molecule has 0 saturated heterocycles. The monoisotopic (exact) mass is 447 g/mol. The third-order valence-electron chi connectivity index (χ3n) is 4.52. The first-order valence-electron chi connectivity index (χ1n) is 10.4. The van der Waals surface area contributed by atoms with Gasteiger partial charge in [0.1, 0.15) is 5.75 Å². The molecule has 32 heavy (non-hydrogen) atoms. The Kier molecular flexibility index (Phi) is 8.34. The van der Waals surface area contributed by atoms with Crippen LogP contribution in [0.4, 0.5) is 11.4 Å². The number of anilines is 2. The van der Waals surface area contributed by atoms with Crippen LogP contribution in [0.15, 0.2) is 78.9 Å². The van der Waals surface area contributed by atoms with Crippen molar-refractivity contribution < 1.29 is 14.3 Å². The number of ether oxygens (including phenoxy) is 1. The molecule has 0 aromatic heterocycles. The van der Waals surface area contributed by atoms with Gasteiger partial charge in [0.2, 0.25) is 0 Å². The van der Waals surface area contributed by atoms with Crippen LogP contribution in [-0.4, -0.2) is 23.5 Å². The van der Waals surface area contributed by atoms with Gasteiger partial charge in [-0.2, -0.15) is 0 Å². The molecule has 164 valence electrons. The van der Waals surface area contributed by atoms with E-state index in [1.54, 1.807) is 72.8 Å². The van der Waals surface area contributed by atoms with Gasteiger partial charge in [-0.05, 0) is 73.2 Å². The molecule has 2 amide bonds. The molecule has 0 bridgehead atoms. The van der Waals surface area contributed by atoms with E-state index in [1.807, 2.05) is 6.07 Å². The molecule has 0 radical (unpaired) electrons. The summed E-state index contributed by atoms with van der Waals surface area (Å²) >= 11 is 5.26. The maximum absolute atomic E-state index is 12.4. The van der Waals surface area contributed by atoms with Gasteiger partial charge in [-0.1, -0.05) is 37.6 Å². The molecule has 0 spiro atoms. The lowest BCUT2D eigenvalue weighted by atomic mass is 10.2. The van der Waals surface area contributed by atoms with E-state index in [4.69, 9.17) is 17.0 Å².